The van der Waals surface area contributed by atoms with Gasteiger partial charge in [-0.25, -0.2) is 9.59 Å². The van der Waals surface area contributed by atoms with Gasteiger partial charge in [-0.15, -0.1) is 11.8 Å². The summed E-state index contributed by atoms with van der Waals surface area (Å²) >= 11 is 7.46. The van der Waals surface area contributed by atoms with Crippen LogP contribution in [0.2, 0.25) is 5.02 Å². The molecule has 3 aromatic carbocycles. The number of aliphatic carboxylic acids is 1. The molecule has 1 atom stereocenters. The Balaban J connectivity index is 0.000000250. The maximum atomic E-state index is 12.6. The topological polar surface area (TPSA) is 93.1 Å². The molecule has 1 aliphatic rings. The zero-order valence-corrected chi connectivity index (χ0v) is 26.5. The molecule has 42 heavy (non-hydrogen) atoms. The van der Waals surface area contributed by atoms with Crippen molar-refractivity contribution in [2.75, 3.05) is 19.3 Å². The lowest BCUT2D eigenvalue weighted by Crippen LogP contribution is -2.38. The van der Waals surface area contributed by atoms with Gasteiger partial charge in [0, 0.05) is 34.5 Å². The van der Waals surface area contributed by atoms with Crippen LogP contribution in [0.1, 0.15) is 54.2 Å². The number of rotatable bonds is 8. The number of thioether (sulfide) groups is 1. The maximum Gasteiger partial charge on any atom is 0.415 e. The number of Topliss-reactive ketones (excluding diaryl/α,β-unsaturated/α-hetero) is 1. The van der Waals surface area contributed by atoms with E-state index in [4.69, 9.17) is 26.2 Å². The van der Waals surface area contributed by atoms with E-state index in [9.17, 15) is 14.4 Å². The molecule has 1 amide bonds. The molecule has 0 saturated carbocycles. The van der Waals surface area contributed by atoms with Crippen LogP contribution in [0.4, 0.5) is 4.79 Å². The van der Waals surface area contributed by atoms with E-state index < -0.39 is 17.7 Å². The number of carbonyl (C=O) groups excluding carboxylic acids is 2. The number of carboxylic acids is 1. The largest absolute Gasteiger partial charge is 0.478 e. The van der Waals surface area contributed by atoms with Gasteiger partial charge in [0.15, 0.2) is 11.4 Å². The van der Waals surface area contributed by atoms with Crippen molar-refractivity contribution in [2.24, 2.45) is 5.92 Å². The highest BCUT2D eigenvalue weighted by Gasteiger charge is 2.33. The van der Waals surface area contributed by atoms with Crippen LogP contribution < -0.4 is 9.47 Å². The van der Waals surface area contributed by atoms with Crippen LogP contribution in [0.15, 0.2) is 65.6 Å². The molecule has 1 unspecified atom stereocenters. The van der Waals surface area contributed by atoms with Gasteiger partial charge in [0.2, 0.25) is 0 Å². The Bertz CT molecular complexity index is 1380. The Morgan fingerprint density at radius 2 is 1.62 bits per heavy atom. The van der Waals surface area contributed by atoms with E-state index in [0.29, 0.717) is 41.6 Å². The molecule has 0 aliphatic carbocycles. The molecule has 0 spiro atoms. The average Bonchev–Trinajstić information content (AvgIpc) is 3.47. The fourth-order valence-corrected chi connectivity index (χ4v) is 5.04. The summed E-state index contributed by atoms with van der Waals surface area (Å²) in [4.78, 5) is 38.6. The van der Waals surface area contributed by atoms with Crippen molar-refractivity contribution in [2.45, 2.75) is 58.0 Å². The maximum absolute atomic E-state index is 12.6. The van der Waals surface area contributed by atoms with Crippen LogP contribution in [0.3, 0.4) is 0 Å². The van der Waals surface area contributed by atoms with Gasteiger partial charge in [-0.3, -0.25) is 4.79 Å². The summed E-state index contributed by atoms with van der Waals surface area (Å²) < 4.78 is 11.0. The second kappa shape index (κ2) is 14.6. The molecular formula is C33H38ClNO6S. The number of aryl methyl sites for hydroxylation is 3. The minimum Gasteiger partial charge on any atom is -0.478 e. The van der Waals surface area contributed by atoms with Crippen LogP contribution in [0.25, 0.3) is 0 Å². The lowest BCUT2D eigenvalue weighted by molar-refractivity contribution is -0.152. The highest BCUT2D eigenvalue weighted by Crippen LogP contribution is 2.29. The van der Waals surface area contributed by atoms with Gasteiger partial charge in [0.25, 0.3) is 0 Å². The first kappa shape index (κ1) is 33.0. The summed E-state index contributed by atoms with van der Waals surface area (Å²) in [5.41, 5.74) is 2.69. The number of benzene rings is 3. The third-order valence-corrected chi connectivity index (χ3v) is 8.01. The number of ether oxygens (including phenoxy) is 2. The lowest BCUT2D eigenvalue weighted by atomic mass is 9.97. The lowest BCUT2D eigenvalue weighted by Gasteiger charge is -2.24. The van der Waals surface area contributed by atoms with Gasteiger partial charge < -0.3 is 19.5 Å². The van der Waals surface area contributed by atoms with E-state index in [0.717, 1.165) is 22.4 Å². The van der Waals surface area contributed by atoms with Crippen molar-refractivity contribution in [3.8, 4) is 11.5 Å². The van der Waals surface area contributed by atoms with Crippen molar-refractivity contribution in [3.63, 3.8) is 0 Å². The van der Waals surface area contributed by atoms with Gasteiger partial charge in [-0.2, -0.15) is 0 Å². The van der Waals surface area contributed by atoms with Gasteiger partial charge in [0.05, 0.1) is 0 Å². The van der Waals surface area contributed by atoms with E-state index in [2.05, 4.69) is 6.92 Å². The molecule has 0 bridgehead atoms. The fourth-order valence-electron chi connectivity index (χ4n) is 4.50. The normalized spacial score (nSPS) is 14.5. The van der Waals surface area contributed by atoms with Crippen LogP contribution in [0.5, 0.6) is 11.5 Å². The average molecular weight is 612 g/mol. The number of hydrogen-bond acceptors (Lipinski definition) is 6. The molecule has 3 aromatic rings. The minimum atomic E-state index is -1.21. The number of carbonyl (C=O) groups is 3. The summed E-state index contributed by atoms with van der Waals surface area (Å²) in [7, 11) is 0. The fraction of sp³-hybridized carbons (Fsp3) is 0.364. The first-order chi connectivity index (χ1) is 19.8. The third kappa shape index (κ3) is 8.76. The third-order valence-electron chi connectivity index (χ3n) is 7.01. The van der Waals surface area contributed by atoms with Gasteiger partial charge >= 0.3 is 12.1 Å². The Kier molecular flexibility index (Phi) is 11.5. The molecule has 224 valence electrons. The predicted molar refractivity (Wildman–Crippen MR) is 167 cm³/mol. The summed E-state index contributed by atoms with van der Waals surface area (Å²) in [6, 6.07) is 18.3. The summed E-state index contributed by atoms with van der Waals surface area (Å²) in [5.74, 6) is 0.0506. The van der Waals surface area contributed by atoms with Crippen molar-refractivity contribution in [1.29, 1.82) is 0 Å². The number of carboxylic acid groups (broad SMARTS) is 1. The van der Waals surface area contributed by atoms with Gasteiger partial charge in [-0.05, 0) is 99.9 Å². The monoisotopic (exact) mass is 611 g/mol. The van der Waals surface area contributed by atoms with Crippen LogP contribution in [-0.4, -0.2) is 52.8 Å². The van der Waals surface area contributed by atoms with E-state index in [1.54, 1.807) is 54.8 Å². The molecule has 7 nitrogen and oxygen atoms in total. The summed E-state index contributed by atoms with van der Waals surface area (Å²) in [6.07, 6.45) is 3.18. The highest BCUT2D eigenvalue weighted by molar-refractivity contribution is 7.98. The molecule has 1 fully saturated rings. The zero-order chi connectivity index (χ0) is 31.0. The van der Waals surface area contributed by atoms with E-state index in [1.807, 2.05) is 56.5 Å². The summed E-state index contributed by atoms with van der Waals surface area (Å²) in [5, 5.41) is 9.64. The number of likely N-dealkylation sites (tertiary alicyclic amines) is 1. The Morgan fingerprint density at radius 1 is 1.02 bits per heavy atom. The minimum absolute atomic E-state index is 0.0782. The van der Waals surface area contributed by atoms with Crippen LogP contribution >= 0.6 is 23.4 Å². The Morgan fingerprint density at radius 3 is 2.14 bits per heavy atom. The number of hydrogen-bond donors (Lipinski definition) is 1. The van der Waals surface area contributed by atoms with Crippen molar-refractivity contribution in [1.82, 2.24) is 4.90 Å². The predicted octanol–water partition coefficient (Wildman–Crippen LogP) is 7.87. The van der Waals surface area contributed by atoms with E-state index in [1.165, 1.54) is 5.56 Å². The summed E-state index contributed by atoms with van der Waals surface area (Å²) in [6.45, 7) is 10.00. The van der Waals surface area contributed by atoms with Crippen LogP contribution in [0, 0.1) is 19.8 Å². The molecule has 0 aromatic heterocycles. The first-order valence-electron chi connectivity index (χ1n) is 13.8. The molecule has 1 N–H and O–H groups in total. The quantitative estimate of drug-likeness (QED) is 0.205. The second-order valence-electron chi connectivity index (χ2n) is 10.7. The number of nitrogens with zero attached hydrogens (tertiary/aromatic N) is 1. The number of amides is 1. The second-order valence-corrected chi connectivity index (χ2v) is 12.0. The van der Waals surface area contributed by atoms with E-state index in [-0.39, 0.29) is 11.7 Å². The van der Waals surface area contributed by atoms with E-state index >= 15 is 0 Å². The first-order valence-corrected chi connectivity index (χ1v) is 15.4. The molecule has 1 saturated heterocycles. The zero-order valence-electron chi connectivity index (χ0n) is 24.9. The molecule has 0 radical (unpaired) electrons. The highest BCUT2D eigenvalue weighted by atomic mass is 35.5. The standard InChI is InChI=1S/C19H18ClNO3S.C14H20O3/c1-25-17-8-2-13(3-9-17)18(22)14-10-11-21(12-14)19(23)24-16-6-4-15(20)5-7-16;1-6-11-7-9(2)12(10(3)8-11)17-14(4,5)13(15)16/h2-9,14H,10-12H2,1H3;7-8H,6H2,1-5H3,(H,15,16). The molecular weight excluding hydrogens is 574 g/mol. The molecule has 4 rings (SSSR count). The smallest absolute Gasteiger partial charge is 0.415 e. The Labute approximate surface area is 257 Å². The SMILES string of the molecule is CCc1cc(C)c(OC(C)(C)C(=O)O)c(C)c1.CSc1ccc(C(=O)C2CCN(C(=O)Oc3ccc(Cl)cc3)C2)cc1. The molecule has 1 aliphatic heterocycles. The Hall–Kier alpha value is -3.49. The van der Waals surface area contributed by atoms with Gasteiger partial charge in [-0.1, -0.05) is 42.8 Å². The van der Waals surface area contributed by atoms with Crippen molar-refractivity contribution in [3.05, 3.63) is 87.9 Å². The van der Waals surface area contributed by atoms with Crippen LogP contribution in [-0.2, 0) is 11.2 Å². The van der Waals surface area contributed by atoms with Crippen molar-refractivity contribution >= 4 is 41.2 Å². The van der Waals surface area contributed by atoms with Crippen molar-refractivity contribution < 1.29 is 29.0 Å². The number of halogens is 1. The van der Waals surface area contributed by atoms with Gasteiger partial charge in [0.1, 0.15) is 11.5 Å². The molecule has 9 heteroatoms. The molecule has 1 heterocycles. The number of ketones is 1.